The molecule has 0 aromatic heterocycles. The lowest BCUT2D eigenvalue weighted by Crippen LogP contribution is -2.39. The van der Waals surface area contributed by atoms with Crippen molar-refractivity contribution in [2.75, 3.05) is 0 Å². The standard InChI is InChI=1S/C12H15NO3S/c1-9(17(13,15)16)11(14)12(7-8-12)10-5-3-2-4-6-10/h2-6,9H,7-8H2,1H3,(H2,13,15,16). The summed E-state index contributed by atoms with van der Waals surface area (Å²) in [6, 6.07) is 9.29. The predicted molar refractivity (Wildman–Crippen MR) is 64.9 cm³/mol. The number of Topliss-reactive ketones (excluding diaryl/α,β-unsaturated/α-hetero) is 1. The Bertz CT molecular complexity index is 532. The molecule has 1 aromatic carbocycles. The maximum atomic E-state index is 12.2. The van der Waals surface area contributed by atoms with E-state index in [0.29, 0.717) is 12.8 Å². The Kier molecular flexibility index (Phi) is 2.83. The lowest BCUT2D eigenvalue weighted by molar-refractivity contribution is -0.120. The molecule has 1 unspecified atom stereocenters. The highest BCUT2D eigenvalue weighted by Gasteiger charge is 2.53. The molecule has 2 N–H and O–H groups in total. The highest BCUT2D eigenvalue weighted by Crippen LogP contribution is 2.49. The fraction of sp³-hybridized carbons (Fsp3) is 0.417. The number of ketones is 1. The van der Waals surface area contributed by atoms with Crippen LogP contribution in [0.4, 0.5) is 0 Å². The molecule has 0 spiro atoms. The third kappa shape index (κ3) is 2.12. The van der Waals surface area contributed by atoms with Crippen molar-refractivity contribution in [3.8, 4) is 0 Å². The minimum Gasteiger partial charge on any atom is -0.297 e. The van der Waals surface area contributed by atoms with Crippen molar-refractivity contribution in [2.45, 2.75) is 30.4 Å². The molecule has 1 saturated carbocycles. The van der Waals surface area contributed by atoms with E-state index in [4.69, 9.17) is 5.14 Å². The topological polar surface area (TPSA) is 77.2 Å². The largest absolute Gasteiger partial charge is 0.297 e. The second-order valence-corrected chi connectivity index (χ2v) is 6.43. The summed E-state index contributed by atoms with van der Waals surface area (Å²) < 4.78 is 22.5. The maximum absolute atomic E-state index is 12.2. The van der Waals surface area contributed by atoms with E-state index in [1.165, 1.54) is 6.92 Å². The van der Waals surface area contributed by atoms with E-state index in [0.717, 1.165) is 5.56 Å². The molecule has 1 atom stereocenters. The first-order valence-electron chi connectivity index (χ1n) is 5.49. The SMILES string of the molecule is CC(C(=O)C1(c2ccccc2)CC1)S(N)(=O)=O. The predicted octanol–water partition coefficient (Wildman–Crippen LogP) is 0.964. The van der Waals surface area contributed by atoms with Gasteiger partial charge in [0.1, 0.15) is 5.25 Å². The minimum atomic E-state index is -3.80. The van der Waals surface area contributed by atoms with Crippen molar-refractivity contribution in [1.29, 1.82) is 0 Å². The van der Waals surface area contributed by atoms with Crippen LogP contribution in [0.3, 0.4) is 0 Å². The van der Waals surface area contributed by atoms with Crippen LogP contribution in [0.15, 0.2) is 30.3 Å². The minimum absolute atomic E-state index is 0.286. The summed E-state index contributed by atoms with van der Waals surface area (Å²) in [6.45, 7) is 1.36. The highest BCUT2D eigenvalue weighted by molar-refractivity contribution is 7.90. The summed E-state index contributed by atoms with van der Waals surface area (Å²) in [5.41, 5.74) is 0.271. The zero-order valence-electron chi connectivity index (χ0n) is 9.59. The van der Waals surface area contributed by atoms with Crippen molar-refractivity contribution in [2.24, 2.45) is 5.14 Å². The maximum Gasteiger partial charge on any atom is 0.218 e. The zero-order chi connectivity index (χ0) is 12.7. The molecule has 0 heterocycles. The number of carbonyl (C=O) groups is 1. The Morgan fingerprint density at radius 2 is 1.82 bits per heavy atom. The fourth-order valence-corrected chi connectivity index (χ4v) is 2.62. The lowest BCUT2D eigenvalue weighted by atomic mass is 9.90. The van der Waals surface area contributed by atoms with Gasteiger partial charge in [0.2, 0.25) is 10.0 Å². The lowest BCUT2D eigenvalue weighted by Gasteiger charge is -2.18. The molecule has 92 valence electrons. The summed E-state index contributed by atoms with van der Waals surface area (Å²) in [6.07, 6.45) is 1.41. The van der Waals surface area contributed by atoms with Crippen LogP contribution in [-0.2, 0) is 20.2 Å². The molecule has 1 aliphatic carbocycles. The molecule has 0 saturated heterocycles. The van der Waals surface area contributed by atoms with Crippen molar-refractivity contribution in [1.82, 2.24) is 0 Å². The third-order valence-corrected chi connectivity index (χ3v) is 4.61. The Balaban J connectivity index is 2.33. The first-order valence-corrected chi connectivity index (χ1v) is 7.10. The van der Waals surface area contributed by atoms with Gasteiger partial charge in [-0.1, -0.05) is 30.3 Å². The average Bonchev–Trinajstić information content (AvgIpc) is 3.08. The van der Waals surface area contributed by atoms with Crippen LogP contribution in [0.2, 0.25) is 0 Å². The molecule has 1 aliphatic rings. The molecule has 5 heteroatoms. The molecule has 1 fully saturated rings. The van der Waals surface area contributed by atoms with Crippen molar-refractivity contribution >= 4 is 15.8 Å². The molecule has 0 amide bonds. The Morgan fingerprint density at radius 1 is 1.29 bits per heavy atom. The normalized spacial score (nSPS) is 19.6. The number of benzene rings is 1. The van der Waals surface area contributed by atoms with Crippen LogP contribution in [0.25, 0.3) is 0 Å². The van der Waals surface area contributed by atoms with Crippen LogP contribution < -0.4 is 5.14 Å². The molecule has 0 aliphatic heterocycles. The monoisotopic (exact) mass is 253 g/mol. The third-order valence-electron chi connectivity index (χ3n) is 3.41. The number of carbonyl (C=O) groups excluding carboxylic acids is 1. The summed E-state index contributed by atoms with van der Waals surface area (Å²) in [5.74, 6) is -0.286. The fourth-order valence-electron chi connectivity index (χ4n) is 2.10. The number of hydrogen-bond donors (Lipinski definition) is 1. The van der Waals surface area contributed by atoms with Crippen molar-refractivity contribution < 1.29 is 13.2 Å². The molecular formula is C12H15NO3S. The van der Waals surface area contributed by atoms with Crippen LogP contribution in [0.5, 0.6) is 0 Å². The number of sulfonamides is 1. The summed E-state index contributed by atoms with van der Waals surface area (Å²) in [4.78, 5) is 12.2. The molecule has 0 bridgehead atoms. The van der Waals surface area contributed by atoms with Crippen molar-refractivity contribution in [3.05, 3.63) is 35.9 Å². The van der Waals surface area contributed by atoms with Gasteiger partial charge >= 0.3 is 0 Å². The first kappa shape index (κ1) is 12.3. The van der Waals surface area contributed by atoms with Gasteiger partial charge in [-0.2, -0.15) is 0 Å². The van der Waals surface area contributed by atoms with E-state index in [1.54, 1.807) is 0 Å². The van der Waals surface area contributed by atoms with Gasteiger partial charge in [-0.25, -0.2) is 13.6 Å². The average molecular weight is 253 g/mol. The van der Waals surface area contributed by atoms with E-state index in [1.807, 2.05) is 30.3 Å². The van der Waals surface area contributed by atoms with Gasteiger partial charge in [0, 0.05) is 0 Å². The summed E-state index contributed by atoms with van der Waals surface area (Å²) in [7, 11) is -3.80. The van der Waals surface area contributed by atoms with Gasteiger partial charge in [0.05, 0.1) is 5.41 Å². The van der Waals surface area contributed by atoms with Gasteiger partial charge in [0.25, 0.3) is 0 Å². The molecule has 17 heavy (non-hydrogen) atoms. The van der Waals surface area contributed by atoms with Crippen LogP contribution in [0.1, 0.15) is 25.3 Å². The second kappa shape index (κ2) is 3.92. The zero-order valence-corrected chi connectivity index (χ0v) is 10.4. The van der Waals surface area contributed by atoms with E-state index in [2.05, 4.69) is 0 Å². The number of hydrogen-bond acceptors (Lipinski definition) is 3. The van der Waals surface area contributed by atoms with Gasteiger partial charge in [-0.05, 0) is 25.3 Å². The molecular weight excluding hydrogens is 238 g/mol. The summed E-state index contributed by atoms with van der Waals surface area (Å²) >= 11 is 0. The summed E-state index contributed by atoms with van der Waals surface area (Å²) in [5, 5.41) is 3.90. The van der Waals surface area contributed by atoms with Crippen molar-refractivity contribution in [3.63, 3.8) is 0 Å². The van der Waals surface area contributed by atoms with Gasteiger partial charge in [-0.15, -0.1) is 0 Å². The van der Waals surface area contributed by atoms with Gasteiger partial charge in [0.15, 0.2) is 5.78 Å². The number of rotatable bonds is 4. The quantitative estimate of drug-likeness (QED) is 0.868. The molecule has 4 nitrogen and oxygen atoms in total. The van der Waals surface area contributed by atoms with E-state index in [-0.39, 0.29) is 5.78 Å². The molecule has 2 rings (SSSR count). The smallest absolute Gasteiger partial charge is 0.218 e. The second-order valence-electron chi connectivity index (χ2n) is 4.54. The van der Waals surface area contributed by atoms with Gasteiger partial charge in [-0.3, -0.25) is 4.79 Å². The van der Waals surface area contributed by atoms with Gasteiger partial charge < -0.3 is 0 Å². The van der Waals surface area contributed by atoms with Crippen LogP contribution >= 0.6 is 0 Å². The van der Waals surface area contributed by atoms with E-state index < -0.39 is 20.7 Å². The Hall–Kier alpha value is -1.20. The van der Waals surface area contributed by atoms with Crippen LogP contribution in [-0.4, -0.2) is 19.5 Å². The van der Waals surface area contributed by atoms with Crippen LogP contribution in [0, 0.1) is 0 Å². The molecule has 0 radical (unpaired) electrons. The van der Waals surface area contributed by atoms with E-state index >= 15 is 0 Å². The Labute approximate surface area is 101 Å². The van der Waals surface area contributed by atoms with E-state index in [9.17, 15) is 13.2 Å². The number of primary sulfonamides is 1. The first-order chi connectivity index (χ1) is 7.88. The number of nitrogens with two attached hydrogens (primary N) is 1. The molecule has 1 aromatic rings. The highest BCUT2D eigenvalue weighted by atomic mass is 32.2. The Morgan fingerprint density at radius 3 is 2.24 bits per heavy atom.